The highest BCUT2D eigenvalue weighted by molar-refractivity contribution is 7.98. The van der Waals surface area contributed by atoms with Gasteiger partial charge in [0.1, 0.15) is 0 Å². The number of pyridine rings is 1. The highest BCUT2D eigenvalue weighted by Crippen LogP contribution is 2.13. The summed E-state index contributed by atoms with van der Waals surface area (Å²) in [6.45, 7) is 4.44. The van der Waals surface area contributed by atoms with Crippen LogP contribution in [-0.2, 0) is 0 Å². The fourth-order valence-corrected chi connectivity index (χ4v) is 2.32. The second kappa shape index (κ2) is 6.85. The van der Waals surface area contributed by atoms with Crippen LogP contribution in [0.5, 0.6) is 0 Å². The van der Waals surface area contributed by atoms with Gasteiger partial charge >= 0.3 is 0 Å². The first kappa shape index (κ1) is 12.5. The van der Waals surface area contributed by atoms with Crippen LogP contribution in [0.4, 0.5) is 0 Å². The molecule has 1 N–H and O–H groups in total. The van der Waals surface area contributed by atoms with E-state index in [2.05, 4.69) is 42.5 Å². The fraction of sp³-hybridized carbons (Fsp3) is 0.583. The third kappa shape index (κ3) is 4.22. The van der Waals surface area contributed by atoms with Gasteiger partial charge < -0.3 is 5.32 Å². The van der Waals surface area contributed by atoms with E-state index in [1.54, 1.807) is 0 Å². The predicted octanol–water partition coefficient (Wildman–Crippen LogP) is 2.87. The first-order chi connectivity index (χ1) is 7.27. The lowest BCUT2D eigenvalue weighted by atomic mass is 10.1. The Hall–Kier alpha value is -0.540. The number of nitrogens with one attached hydrogen (secondary N) is 1. The fourth-order valence-electron chi connectivity index (χ4n) is 1.59. The zero-order valence-electron chi connectivity index (χ0n) is 9.73. The third-order valence-corrected chi connectivity index (χ3v) is 3.29. The summed E-state index contributed by atoms with van der Waals surface area (Å²) < 4.78 is 0. The molecule has 0 aromatic carbocycles. The summed E-state index contributed by atoms with van der Waals surface area (Å²) in [5, 5.41) is 3.64. The average Bonchev–Trinajstić information content (AvgIpc) is 2.29. The predicted molar refractivity (Wildman–Crippen MR) is 68.2 cm³/mol. The minimum absolute atomic E-state index is 0.407. The third-order valence-electron chi connectivity index (χ3n) is 2.55. The Morgan fingerprint density at radius 2 is 2.07 bits per heavy atom. The number of hydrogen-bond acceptors (Lipinski definition) is 3. The molecule has 0 fully saturated rings. The van der Waals surface area contributed by atoms with Crippen molar-refractivity contribution in [3.63, 3.8) is 0 Å². The Morgan fingerprint density at radius 3 is 2.60 bits per heavy atom. The van der Waals surface area contributed by atoms with E-state index >= 15 is 0 Å². The maximum atomic E-state index is 4.03. The minimum Gasteiger partial charge on any atom is -0.307 e. The molecule has 0 aliphatic carbocycles. The summed E-state index contributed by atoms with van der Waals surface area (Å²) in [5.41, 5.74) is 1.31. The molecule has 0 aliphatic rings. The van der Waals surface area contributed by atoms with Gasteiger partial charge in [-0.2, -0.15) is 11.8 Å². The van der Waals surface area contributed by atoms with E-state index in [1.807, 2.05) is 24.2 Å². The lowest BCUT2D eigenvalue weighted by Gasteiger charge is -2.21. The van der Waals surface area contributed by atoms with Crippen molar-refractivity contribution in [2.45, 2.75) is 32.4 Å². The highest BCUT2D eigenvalue weighted by Gasteiger charge is 2.10. The van der Waals surface area contributed by atoms with Crippen LogP contribution < -0.4 is 5.32 Å². The van der Waals surface area contributed by atoms with Crippen LogP contribution in [0.25, 0.3) is 0 Å². The minimum atomic E-state index is 0.407. The lowest BCUT2D eigenvalue weighted by Crippen LogP contribution is -2.32. The molecule has 0 saturated heterocycles. The molecule has 0 amide bonds. The zero-order valence-corrected chi connectivity index (χ0v) is 10.6. The molecule has 0 spiro atoms. The molecule has 1 aromatic heterocycles. The van der Waals surface area contributed by atoms with Crippen molar-refractivity contribution in [3.05, 3.63) is 30.1 Å². The van der Waals surface area contributed by atoms with Gasteiger partial charge in [0.05, 0.1) is 0 Å². The Morgan fingerprint density at radius 1 is 1.40 bits per heavy atom. The maximum absolute atomic E-state index is 4.03. The van der Waals surface area contributed by atoms with Crippen molar-refractivity contribution in [1.82, 2.24) is 10.3 Å². The summed E-state index contributed by atoms with van der Waals surface area (Å²) in [5.74, 6) is 1.17. The van der Waals surface area contributed by atoms with Crippen LogP contribution in [0.2, 0.25) is 0 Å². The van der Waals surface area contributed by atoms with Gasteiger partial charge in [0.15, 0.2) is 0 Å². The smallest absolute Gasteiger partial charge is 0.0295 e. The number of rotatable bonds is 6. The van der Waals surface area contributed by atoms with Crippen molar-refractivity contribution >= 4 is 11.8 Å². The molecular formula is C12H20N2S. The quantitative estimate of drug-likeness (QED) is 0.804. The van der Waals surface area contributed by atoms with Gasteiger partial charge in [-0.15, -0.1) is 0 Å². The van der Waals surface area contributed by atoms with Gasteiger partial charge in [0.2, 0.25) is 0 Å². The van der Waals surface area contributed by atoms with E-state index in [-0.39, 0.29) is 0 Å². The van der Waals surface area contributed by atoms with Crippen molar-refractivity contribution in [2.24, 2.45) is 0 Å². The molecule has 15 heavy (non-hydrogen) atoms. The molecule has 84 valence electrons. The van der Waals surface area contributed by atoms with Gasteiger partial charge in [-0.05, 0) is 37.3 Å². The monoisotopic (exact) mass is 224 g/mol. The molecule has 1 aromatic rings. The van der Waals surface area contributed by atoms with Crippen LogP contribution in [0.1, 0.15) is 31.9 Å². The molecule has 0 saturated carbocycles. The van der Waals surface area contributed by atoms with E-state index in [0.717, 1.165) is 0 Å². The number of thioether (sulfide) groups is 1. The summed E-state index contributed by atoms with van der Waals surface area (Å²) in [6.07, 6.45) is 7.03. The first-order valence-electron chi connectivity index (χ1n) is 5.42. The second-order valence-electron chi connectivity index (χ2n) is 3.73. The number of hydrogen-bond donors (Lipinski definition) is 1. The molecule has 2 atom stereocenters. The molecule has 3 heteroatoms. The SMILES string of the molecule is CCC(CSC)NC(C)c1ccncc1. The van der Waals surface area contributed by atoms with Crippen LogP contribution in [0, 0.1) is 0 Å². The van der Waals surface area contributed by atoms with E-state index in [0.29, 0.717) is 12.1 Å². The topological polar surface area (TPSA) is 24.9 Å². The van der Waals surface area contributed by atoms with Crippen LogP contribution >= 0.6 is 11.8 Å². The summed E-state index contributed by atoms with van der Waals surface area (Å²) in [6, 6.07) is 5.15. The van der Waals surface area contributed by atoms with E-state index < -0.39 is 0 Å². The summed E-state index contributed by atoms with van der Waals surface area (Å²) >= 11 is 1.90. The average molecular weight is 224 g/mol. The van der Waals surface area contributed by atoms with Crippen molar-refractivity contribution < 1.29 is 0 Å². The highest BCUT2D eigenvalue weighted by atomic mass is 32.2. The van der Waals surface area contributed by atoms with E-state index in [1.165, 1.54) is 17.7 Å². The number of nitrogens with zero attached hydrogens (tertiary/aromatic N) is 1. The van der Waals surface area contributed by atoms with Gasteiger partial charge in [0.25, 0.3) is 0 Å². The van der Waals surface area contributed by atoms with E-state index in [4.69, 9.17) is 0 Å². The summed E-state index contributed by atoms with van der Waals surface area (Å²) in [7, 11) is 0. The van der Waals surface area contributed by atoms with Gasteiger partial charge in [-0.1, -0.05) is 6.92 Å². The maximum Gasteiger partial charge on any atom is 0.0295 e. The Bertz CT molecular complexity index is 264. The van der Waals surface area contributed by atoms with Gasteiger partial charge in [-0.25, -0.2) is 0 Å². The summed E-state index contributed by atoms with van der Waals surface area (Å²) in [4.78, 5) is 4.03. The van der Waals surface area contributed by atoms with Crippen molar-refractivity contribution in [1.29, 1.82) is 0 Å². The molecule has 1 heterocycles. The van der Waals surface area contributed by atoms with Crippen LogP contribution in [-0.4, -0.2) is 23.0 Å². The molecule has 0 aliphatic heterocycles. The Kier molecular flexibility index (Phi) is 5.73. The normalized spacial score (nSPS) is 14.9. The second-order valence-corrected chi connectivity index (χ2v) is 4.64. The largest absolute Gasteiger partial charge is 0.307 e. The zero-order chi connectivity index (χ0) is 11.1. The van der Waals surface area contributed by atoms with Crippen molar-refractivity contribution in [3.8, 4) is 0 Å². The van der Waals surface area contributed by atoms with Crippen LogP contribution in [0.15, 0.2) is 24.5 Å². The standard InChI is InChI=1S/C12H20N2S/c1-4-12(9-15-3)14-10(2)11-5-7-13-8-6-11/h5-8,10,12,14H,4,9H2,1-3H3. The molecule has 2 unspecified atom stereocenters. The lowest BCUT2D eigenvalue weighted by molar-refractivity contribution is 0.474. The molecule has 0 bridgehead atoms. The molecule has 0 radical (unpaired) electrons. The van der Waals surface area contributed by atoms with Gasteiger partial charge in [-0.3, -0.25) is 4.98 Å². The Labute approximate surface area is 96.9 Å². The molecular weight excluding hydrogens is 204 g/mol. The molecule has 1 rings (SSSR count). The number of aromatic nitrogens is 1. The Balaban J connectivity index is 2.50. The van der Waals surface area contributed by atoms with Crippen LogP contribution in [0.3, 0.4) is 0 Å². The molecule has 2 nitrogen and oxygen atoms in total. The van der Waals surface area contributed by atoms with E-state index in [9.17, 15) is 0 Å². The first-order valence-corrected chi connectivity index (χ1v) is 6.82. The van der Waals surface area contributed by atoms with Crippen molar-refractivity contribution in [2.75, 3.05) is 12.0 Å². The van der Waals surface area contributed by atoms with Gasteiger partial charge in [0, 0.05) is 30.2 Å².